The van der Waals surface area contributed by atoms with Gasteiger partial charge in [-0.05, 0) is 36.0 Å². The maximum Gasteiger partial charge on any atom is 0.199 e. The van der Waals surface area contributed by atoms with Crippen molar-refractivity contribution < 1.29 is 9.59 Å². The Morgan fingerprint density at radius 3 is 2.18 bits per heavy atom. The first-order chi connectivity index (χ1) is 10.6. The Kier molecular flexibility index (Phi) is 4.33. The molecule has 0 saturated heterocycles. The van der Waals surface area contributed by atoms with Crippen molar-refractivity contribution in [2.24, 2.45) is 0 Å². The molecule has 22 heavy (non-hydrogen) atoms. The largest absolute Gasteiger partial charge is 0.288 e. The smallest absolute Gasteiger partial charge is 0.199 e. The summed E-state index contributed by atoms with van der Waals surface area (Å²) >= 11 is 3.22. The van der Waals surface area contributed by atoms with Gasteiger partial charge >= 0.3 is 0 Å². The SMILES string of the molecule is CCC1=C(CC)SC(=C2C(=O)C3=C(C=C(C)CC=C3)C2=O)S1. The quantitative estimate of drug-likeness (QED) is 0.523. The van der Waals surface area contributed by atoms with Crippen molar-refractivity contribution in [1.29, 1.82) is 0 Å². The minimum atomic E-state index is -0.106. The fourth-order valence-electron chi connectivity index (χ4n) is 2.78. The summed E-state index contributed by atoms with van der Waals surface area (Å²) in [6.07, 6.45) is 8.36. The molecule has 114 valence electrons. The Bertz CT molecular complexity index is 712. The molecule has 4 heteroatoms. The van der Waals surface area contributed by atoms with Gasteiger partial charge in [0.2, 0.25) is 0 Å². The van der Waals surface area contributed by atoms with E-state index in [1.54, 1.807) is 23.5 Å². The highest BCUT2D eigenvalue weighted by atomic mass is 32.2. The summed E-state index contributed by atoms with van der Waals surface area (Å²) < 4.78 is 0.872. The van der Waals surface area contributed by atoms with Gasteiger partial charge in [-0.2, -0.15) is 0 Å². The van der Waals surface area contributed by atoms with E-state index in [1.165, 1.54) is 9.81 Å². The first kappa shape index (κ1) is 15.6. The molecule has 0 radical (unpaired) electrons. The number of hydrogen-bond acceptors (Lipinski definition) is 4. The normalized spacial score (nSPS) is 21.9. The van der Waals surface area contributed by atoms with Gasteiger partial charge in [-0.1, -0.05) is 61.2 Å². The van der Waals surface area contributed by atoms with Crippen LogP contribution < -0.4 is 0 Å². The van der Waals surface area contributed by atoms with Gasteiger partial charge in [0, 0.05) is 11.1 Å². The van der Waals surface area contributed by atoms with Crippen molar-refractivity contribution in [3.8, 4) is 0 Å². The van der Waals surface area contributed by atoms with Gasteiger partial charge in [0.05, 0.1) is 9.81 Å². The molecule has 0 N–H and O–H groups in total. The Morgan fingerprint density at radius 1 is 1.00 bits per heavy atom. The molecule has 1 aliphatic heterocycles. The van der Waals surface area contributed by atoms with E-state index in [4.69, 9.17) is 0 Å². The molecule has 0 aromatic heterocycles. The molecule has 3 rings (SSSR count). The topological polar surface area (TPSA) is 34.1 Å². The van der Waals surface area contributed by atoms with Gasteiger partial charge in [-0.3, -0.25) is 9.59 Å². The average molecular weight is 330 g/mol. The van der Waals surface area contributed by atoms with Gasteiger partial charge in [0.25, 0.3) is 0 Å². The van der Waals surface area contributed by atoms with Gasteiger partial charge < -0.3 is 0 Å². The Morgan fingerprint density at radius 2 is 1.59 bits per heavy atom. The fraction of sp³-hybridized carbons (Fsp3) is 0.333. The molecule has 0 amide bonds. The van der Waals surface area contributed by atoms with Crippen LogP contribution in [0, 0.1) is 0 Å². The number of ketones is 2. The molecular weight excluding hydrogens is 312 g/mol. The van der Waals surface area contributed by atoms with Crippen LogP contribution in [-0.2, 0) is 9.59 Å². The van der Waals surface area contributed by atoms with Gasteiger partial charge in [0.1, 0.15) is 0 Å². The molecule has 0 unspecified atom stereocenters. The third-order valence-electron chi connectivity index (χ3n) is 3.94. The number of Topliss-reactive ketones (excluding diaryl/α,β-unsaturated/α-hetero) is 2. The van der Waals surface area contributed by atoms with E-state index in [0.717, 1.165) is 29.1 Å². The number of rotatable bonds is 2. The van der Waals surface area contributed by atoms with Crippen LogP contribution in [-0.4, -0.2) is 11.6 Å². The van der Waals surface area contributed by atoms with Crippen LogP contribution in [0.3, 0.4) is 0 Å². The van der Waals surface area contributed by atoms with Crippen molar-refractivity contribution in [3.63, 3.8) is 0 Å². The summed E-state index contributed by atoms with van der Waals surface area (Å²) in [5, 5.41) is 0. The molecule has 3 aliphatic rings. The summed E-state index contributed by atoms with van der Waals surface area (Å²) in [4.78, 5) is 28.1. The molecule has 2 aliphatic carbocycles. The zero-order valence-electron chi connectivity index (χ0n) is 13.0. The molecule has 0 saturated carbocycles. The van der Waals surface area contributed by atoms with Crippen molar-refractivity contribution in [3.05, 3.63) is 54.6 Å². The van der Waals surface area contributed by atoms with Crippen LogP contribution in [0.15, 0.2) is 54.6 Å². The third kappa shape index (κ3) is 2.48. The lowest BCUT2D eigenvalue weighted by atomic mass is 10.1. The van der Waals surface area contributed by atoms with Gasteiger partial charge in [0.15, 0.2) is 11.6 Å². The van der Waals surface area contributed by atoms with E-state index < -0.39 is 0 Å². The molecule has 0 fully saturated rings. The number of carbonyl (C=O) groups is 2. The molecule has 2 nitrogen and oxygen atoms in total. The van der Waals surface area contributed by atoms with Crippen molar-refractivity contribution in [2.75, 3.05) is 0 Å². The first-order valence-electron chi connectivity index (χ1n) is 7.56. The van der Waals surface area contributed by atoms with Crippen LogP contribution in [0.4, 0.5) is 0 Å². The number of hydrogen-bond donors (Lipinski definition) is 0. The second-order valence-corrected chi connectivity index (χ2v) is 7.97. The highest BCUT2D eigenvalue weighted by molar-refractivity contribution is 8.28. The van der Waals surface area contributed by atoms with Crippen LogP contribution in [0.5, 0.6) is 0 Å². The summed E-state index contributed by atoms with van der Waals surface area (Å²) in [5.41, 5.74) is 2.63. The Labute approximate surface area is 139 Å². The fourth-order valence-corrected chi connectivity index (χ4v) is 5.63. The zero-order valence-corrected chi connectivity index (χ0v) is 14.6. The minimum absolute atomic E-state index is 0.103. The molecule has 0 spiro atoms. The van der Waals surface area contributed by atoms with E-state index in [1.807, 2.05) is 25.2 Å². The van der Waals surface area contributed by atoms with E-state index >= 15 is 0 Å². The van der Waals surface area contributed by atoms with E-state index in [2.05, 4.69) is 13.8 Å². The zero-order chi connectivity index (χ0) is 15.9. The summed E-state index contributed by atoms with van der Waals surface area (Å²) in [5.74, 6) is -0.210. The lowest BCUT2D eigenvalue weighted by Gasteiger charge is -2.02. The van der Waals surface area contributed by atoms with Crippen molar-refractivity contribution in [2.45, 2.75) is 40.0 Å². The number of allylic oxidation sites excluding steroid dienone is 9. The molecule has 0 aromatic carbocycles. The predicted octanol–water partition coefficient (Wildman–Crippen LogP) is 5.06. The summed E-state index contributed by atoms with van der Waals surface area (Å²) in [7, 11) is 0. The van der Waals surface area contributed by atoms with Crippen LogP contribution in [0.1, 0.15) is 40.0 Å². The van der Waals surface area contributed by atoms with E-state index in [0.29, 0.717) is 16.7 Å². The highest BCUT2D eigenvalue weighted by Crippen LogP contribution is 2.54. The Balaban J connectivity index is 2.02. The molecule has 0 aromatic rings. The van der Waals surface area contributed by atoms with Crippen molar-refractivity contribution >= 4 is 35.1 Å². The van der Waals surface area contributed by atoms with Gasteiger partial charge in [-0.15, -0.1) is 0 Å². The van der Waals surface area contributed by atoms with E-state index in [9.17, 15) is 9.59 Å². The second kappa shape index (κ2) is 6.09. The lowest BCUT2D eigenvalue weighted by Crippen LogP contribution is -2.06. The number of thioether (sulfide) groups is 2. The first-order valence-corrected chi connectivity index (χ1v) is 9.19. The molecule has 0 bridgehead atoms. The highest BCUT2D eigenvalue weighted by Gasteiger charge is 2.38. The van der Waals surface area contributed by atoms with E-state index in [-0.39, 0.29) is 11.6 Å². The lowest BCUT2D eigenvalue weighted by molar-refractivity contribution is -0.115. The number of carbonyl (C=O) groups excluding carboxylic acids is 2. The van der Waals surface area contributed by atoms with Crippen molar-refractivity contribution in [1.82, 2.24) is 0 Å². The standard InChI is InChI=1S/C18H18O2S2/c1-4-13-14(5-2)22-18(21-13)15-16(19)11-8-6-7-10(3)9-12(11)17(15)20/h6,8-9H,4-5,7H2,1-3H3. The Hall–Kier alpha value is -1.26. The average Bonchev–Trinajstić information content (AvgIpc) is 2.92. The predicted molar refractivity (Wildman–Crippen MR) is 94.4 cm³/mol. The van der Waals surface area contributed by atoms with Crippen LogP contribution >= 0.6 is 23.5 Å². The summed E-state index contributed by atoms with van der Waals surface area (Å²) in [6.45, 7) is 6.23. The third-order valence-corrected chi connectivity index (χ3v) is 6.91. The monoisotopic (exact) mass is 330 g/mol. The minimum Gasteiger partial charge on any atom is -0.288 e. The van der Waals surface area contributed by atoms with Crippen LogP contribution in [0.25, 0.3) is 0 Å². The maximum absolute atomic E-state index is 12.8. The van der Waals surface area contributed by atoms with Gasteiger partial charge in [-0.25, -0.2) is 0 Å². The maximum atomic E-state index is 12.8. The molecule has 0 atom stereocenters. The van der Waals surface area contributed by atoms with Crippen LogP contribution in [0.2, 0.25) is 0 Å². The second-order valence-electron chi connectivity index (χ2n) is 5.50. The molecule has 1 heterocycles. The molecular formula is C18H18O2S2. The summed E-state index contributed by atoms with van der Waals surface area (Å²) in [6, 6.07) is 0.